The van der Waals surface area contributed by atoms with Crippen LogP contribution in [0.2, 0.25) is 0 Å². The number of fused-ring (bicyclic) bond motifs is 1. The number of rotatable bonds is 0. The molecule has 22 valence electrons. The highest BCUT2D eigenvalue weighted by atomic mass is 14.6. The van der Waals surface area contributed by atoms with E-state index in [0.717, 1.165) is 0 Å². The summed E-state index contributed by atoms with van der Waals surface area (Å²) >= 11 is 0. The molecule has 0 aromatic rings. The van der Waals surface area contributed by atoms with E-state index < -0.39 is 24.5 Å². The van der Waals surface area contributed by atoms with Gasteiger partial charge in [-0.3, -0.25) is 0 Å². The summed E-state index contributed by atoms with van der Waals surface area (Å²) in [6.45, 7) is 0. The highest BCUT2D eigenvalue weighted by Gasteiger charge is 2.52. The Morgan fingerprint density at radius 3 is 2.25 bits per heavy atom. The lowest BCUT2D eigenvalue weighted by Crippen LogP contribution is -1.47. The molecule has 2 aliphatic rings. The van der Waals surface area contributed by atoms with Crippen LogP contribution in [0.15, 0.2) is 0 Å². The maximum atomic E-state index is 7.19. The molecule has 0 heterocycles. The van der Waals surface area contributed by atoms with Gasteiger partial charge in [0.05, 0.1) is 0 Å². The van der Waals surface area contributed by atoms with E-state index in [-0.39, 0.29) is 0 Å². The van der Waals surface area contributed by atoms with Crippen LogP contribution >= 0.6 is 0 Å². The van der Waals surface area contributed by atoms with Gasteiger partial charge in [0, 0.05) is 8.22 Å². The molecule has 0 nitrogen and oxygen atoms in total. The van der Waals surface area contributed by atoms with E-state index in [0.29, 0.717) is 0 Å². The van der Waals surface area contributed by atoms with Crippen molar-refractivity contribution in [3.05, 3.63) is 0 Å². The van der Waals surface area contributed by atoms with Crippen LogP contribution < -0.4 is 0 Å². The number of hydrogen-bond acceptors (Lipinski definition) is 0. The minimum absolute atomic E-state index is 1.77. The Kier molecular flexibility index (Phi) is 0.0139. The van der Waals surface area contributed by atoms with Gasteiger partial charge in [-0.15, -0.1) is 0 Å². The van der Waals surface area contributed by atoms with E-state index in [1.165, 1.54) is 0 Å². The summed E-state index contributed by atoms with van der Waals surface area (Å²) in [5.74, 6) is -3.54. The molecule has 0 aliphatic heterocycles. The Bertz CT molecular complexity index is 182. The second-order valence-corrected chi connectivity index (χ2v) is 1.00. The molecule has 2 aliphatic carbocycles. The summed E-state index contributed by atoms with van der Waals surface area (Å²) in [6, 6.07) is 0. The van der Waals surface area contributed by atoms with Crippen molar-refractivity contribution in [2.24, 2.45) is 11.8 Å². The molecule has 0 bridgehead atoms. The molecular formula is C4H6. The molecule has 4 heavy (non-hydrogen) atoms. The SMILES string of the molecule is [2H]C1([2H])C2([2H])C([2H])([2H])C12[2H]. The van der Waals surface area contributed by atoms with Crippen molar-refractivity contribution >= 4 is 0 Å². The third-order valence-electron chi connectivity index (χ3n) is 0.625. The fourth-order valence-electron chi connectivity index (χ4n) is 0.188. The molecule has 0 radical (unpaired) electrons. The molecule has 0 atom stereocenters. The van der Waals surface area contributed by atoms with Crippen LogP contribution in [0.25, 0.3) is 0 Å². The summed E-state index contributed by atoms with van der Waals surface area (Å²) < 4.78 is 42.4. The van der Waals surface area contributed by atoms with Crippen molar-refractivity contribution in [3.8, 4) is 0 Å². The van der Waals surface area contributed by atoms with E-state index in [2.05, 4.69) is 0 Å². The van der Waals surface area contributed by atoms with E-state index in [1.807, 2.05) is 0 Å². The minimum Gasteiger partial charge on any atom is -0.0470 e. The van der Waals surface area contributed by atoms with Gasteiger partial charge >= 0.3 is 0 Å². The van der Waals surface area contributed by atoms with Crippen molar-refractivity contribution < 1.29 is 8.22 Å². The van der Waals surface area contributed by atoms with Gasteiger partial charge in [-0.05, 0) is 24.5 Å². The van der Waals surface area contributed by atoms with E-state index in [1.54, 1.807) is 0 Å². The van der Waals surface area contributed by atoms with Crippen LogP contribution in [-0.2, 0) is 0 Å². The molecule has 0 amide bonds. The Hall–Kier alpha value is 0. The zero-order valence-electron chi connectivity index (χ0n) is 8.00. The lowest BCUT2D eigenvalue weighted by atomic mass is 10.5. The second-order valence-electron chi connectivity index (χ2n) is 1.00. The Labute approximate surface area is 34.3 Å². The highest BCUT2D eigenvalue weighted by molar-refractivity contribution is 5.02. The fourth-order valence-corrected chi connectivity index (χ4v) is 0.188. The van der Waals surface area contributed by atoms with Crippen LogP contribution in [0.5, 0.6) is 0 Å². The van der Waals surface area contributed by atoms with Gasteiger partial charge in [0.1, 0.15) is 0 Å². The van der Waals surface area contributed by atoms with Crippen LogP contribution in [-0.4, -0.2) is 0 Å². The van der Waals surface area contributed by atoms with Crippen LogP contribution in [0.1, 0.15) is 21.0 Å². The summed E-state index contributed by atoms with van der Waals surface area (Å²) in [4.78, 5) is 0. The molecule has 0 unspecified atom stereocenters. The van der Waals surface area contributed by atoms with E-state index in [9.17, 15) is 0 Å². The van der Waals surface area contributed by atoms with E-state index in [4.69, 9.17) is 8.22 Å². The predicted molar refractivity (Wildman–Crippen MR) is 16.2 cm³/mol. The third-order valence-corrected chi connectivity index (χ3v) is 0.625. The van der Waals surface area contributed by atoms with Crippen LogP contribution in [0.4, 0.5) is 0 Å². The lowest BCUT2D eigenvalue weighted by molar-refractivity contribution is 0.915. The van der Waals surface area contributed by atoms with E-state index >= 15 is 0 Å². The Morgan fingerprint density at radius 2 is 2.25 bits per heavy atom. The van der Waals surface area contributed by atoms with Crippen molar-refractivity contribution in [1.29, 1.82) is 0 Å². The highest BCUT2D eigenvalue weighted by Crippen LogP contribution is 2.62. The average molecular weight is 60.1 g/mol. The fraction of sp³-hybridized carbons (Fsp3) is 1.00. The summed E-state index contributed by atoms with van der Waals surface area (Å²) in [6.07, 6.45) is -3.85. The molecule has 0 saturated heterocycles. The first-order valence-electron chi connectivity index (χ1n) is 4.25. The molecule has 0 heteroatoms. The van der Waals surface area contributed by atoms with Gasteiger partial charge in [0.2, 0.25) is 0 Å². The molecule has 2 fully saturated rings. The third kappa shape index (κ3) is 0.0312. The Balaban J connectivity index is 2.41. The lowest BCUT2D eigenvalue weighted by Gasteiger charge is -1.60. The molecule has 0 aromatic heterocycles. The molecular weight excluding hydrogens is 48.0 g/mol. The topological polar surface area (TPSA) is 0 Å². The van der Waals surface area contributed by atoms with Crippen molar-refractivity contribution in [3.63, 3.8) is 0 Å². The summed E-state index contributed by atoms with van der Waals surface area (Å²) in [5.41, 5.74) is 0. The van der Waals surface area contributed by atoms with Crippen LogP contribution in [0, 0.1) is 11.8 Å². The van der Waals surface area contributed by atoms with Gasteiger partial charge in [-0.1, -0.05) is 0 Å². The van der Waals surface area contributed by atoms with Crippen molar-refractivity contribution in [2.45, 2.75) is 12.7 Å². The zero-order chi connectivity index (χ0) is 8.00. The van der Waals surface area contributed by atoms with Gasteiger partial charge in [0.25, 0.3) is 0 Å². The standard InChI is InChI=1S/C4H6/c1-3-2-4(1)3/h3-4H,1-2H2/i1D2,2D2,3D,4D. The molecule has 0 aromatic carbocycles. The quantitative estimate of drug-likeness (QED) is 0.391. The minimum atomic E-state index is -1.93. The first kappa shape index (κ1) is 0.298. The predicted octanol–water partition coefficient (Wildman–Crippen LogP) is 1.03. The van der Waals surface area contributed by atoms with Gasteiger partial charge in [-0.2, -0.15) is 0 Å². The normalized spacial score (nSPS) is 150. The number of hydrogen-bond donors (Lipinski definition) is 0. The largest absolute Gasteiger partial charge is 0.0470 e. The maximum absolute atomic E-state index is 7.19. The zero-order valence-corrected chi connectivity index (χ0v) is 2.00. The Morgan fingerprint density at radius 1 is 1.75 bits per heavy atom. The van der Waals surface area contributed by atoms with Gasteiger partial charge in [0.15, 0.2) is 0 Å². The average Bonchev–Trinajstić information content (AvgIpc) is 2.28. The monoisotopic (exact) mass is 60.1 g/mol. The van der Waals surface area contributed by atoms with Crippen LogP contribution in [0.3, 0.4) is 0 Å². The van der Waals surface area contributed by atoms with Crippen molar-refractivity contribution in [2.75, 3.05) is 0 Å². The first-order valence-corrected chi connectivity index (χ1v) is 1.25. The summed E-state index contributed by atoms with van der Waals surface area (Å²) in [7, 11) is 0. The summed E-state index contributed by atoms with van der Waals surface area (Å²) in [5, 5.41) is 0. The molecule has 0 spiro atoms. The smallest absolute Gasteiger partial charge is 0.0306 e. The molecule has 2 rings (SSSR count). The molecule has 0 N–H and O–H groups in total. The van der Waals surface area contributed by atoms with Gasteiger partial charge in [-0.25, -0.2) is 0 Å². The van der Waals surface area contributed by atoms with Gasteiger partial charge < -0.3 is 0 Å². The second kappa shape index (κ2) is 0.188. The molecule has 2 saturated carbocycles. The maximum Gasteiger partial charge on any atom is 0.0306 e. The van der Waals surface area contributed by atoms with Crippen molar-refractivity contribution in [1.82, 2.24) is 0 Å². The first-order chi connectivity index (χ1) is 4.25.